The van der Waals surface area contributed by atoms with E-state index in [1.807, 2.05) is 38.4 Å². The monoisotopic (exact) mass is 274 g/mol. The first-order valence-electron chi connectivity index (χ1n) is 7.32. The van der Waals surface area contributed by atoms with Gasteiger partial charge < -0.3 is 4.74 Å². The van der Waals surface area contributed by atoms with Crippen LogP contribution in [0.3, 0.4) is 0 Å². The van der Waals surface area contributed by atoms with Gasteiger partial charge in [-0.2, -0.15) is 0 Å². The van der Waals surface area contributed by atoms with Gasteiger partial charge in [-0.1, -0.05) is 13.8 Å². The van der Waals surface area contributed by atoms with E-state index in [2.05, 4.69) is 18.8 Å². The molecule has 108 valence electrons. The Morgan fingerprint density at radius 3 is 2.50 bits per heavy atom. The molecule has 1 aromatic heterocycles. The standard InChI is InChI=1S/C17H24NO2/c1-5-19-14-11-17(3,4)12-15(20-6-2)16(14)13-7-9-18-10-8-13/h7-10H,5-6,11-12H2,1-4H3/q+1. The van der Waals surface area contributed by atoms with E-state index in [1.165, 1.54) is 0 Å². The summed E-state index contributed by atoms with van der Waals surface area (Å²) in [7, 11) is 0. The molecule has 1 aliphatic rings. The third-order valence-corrected chi connectivity index (χ3v) is 3.44. The molecule has 2 rings (SSSR count). The number of rotatable bonds is 4. The van der Waals surface area contributed by atoms with Crippen molar-refractivity contribution in [1.82, 2.24) is 4.98 Å². The molecule has 0 N–H and O–H groups in total. The van der Waals surface area contributed by atoms with E-state index < -0.39 is 0 Å². The fourth-order valence-electron chi connectivity index (χ4n) is 2.70. The Labute approximate surface area is 121 Å². The summed E-state index contributed by atoms with van der Waals surface area (Å²) in [6, 6.07) is 4.04. The minimum atomic E-state index is 0.172. The highest BCUT2D eigenvalue weighted by Crippen LogP contribution is 2.40. The lowest BCUT2D eigenvalue weighted by Gasteiger charge is -2.29. The van der Waals surface area contributed by atoms with Crippen molar-refractivity contribution in [1.29, 1.82) is 0 Å². The SMILES string of the molecule is CCOC1=C(c2ccncc2)C(=[O+]CC)CC(C)(C)C1. The van der Waals surface area contributed by atoms with Crippen LogP contribution in [0.2, 0.25) is 0 Å². The molecule has 0 radical (unpaired) electrons. The van der Waals surface area contributed by atoms with Crippen molar-refractivity contribution in [2.75, 3.05) is 13.2 Å². The van der Waals surface area contributed by atoms with Gasteiger partial charge in [0, 0.05) is 25.7 Å². The Balaban J connectivity index is 2.55. The molecule has 0 fully saturated rings. The highest BCUT2D eigenvalue weighted by atomic mass is 16.5. The van der Waals surface area contributed by atoms with Gasteiger partial charge in [0.2, 0.25) is 0 Å². The van der Waals surface area contributed by atoms with Crippen LogP contribution < -0.4 is 0 Å². The average Bonchev–Trinajstić information content (AvgIpc) is 2.39. The summed E-state index contributed by atoms with van der Waals surface area (Å²) in [5.74, 6) is 2.08. The van der Waals surface area contributed by atoms with Crippen LogP contribution >= 0.6 is 0 Å². The molecule has 3 nitrogen and oxygen atoms in total. The van der Waals surface area contributed by atoms with E-state index in [9.17, 15) is 0 Å². The fourth-order valence-corrected chi connectivity index (χ4v) is 2.70. The van der Waals surface area contributed by atoms with Gasteiger partial charge in [0.1, 0.15) is 11.3 Å². The molecule has 20 heavy (non-hydrogen) atoms. The Kier molecular flexibility index (Phi) is 4.58. The first-order chi connectivity index (χ1) is 9.57. The summed E-state index contributed by atoms with van der Waals surface area (Å²) in [5.41, 5.74) is 2.42. The minimum absolute atomic E-state index is 0.172. The number of carbonyl (C=O) groups excluding carboxylic acids is 1. The zero-order valence-corrected chi connectivity index (χ0v) is 12.9. The number of ether oxygens (including phenoxy) is 1. The minimum Gasteiger partial charge on any atom is -0.497 e. The molecule has 3 heteroatoms. The summed E-state index contributed by atoms with van der Waals surface area (Å²) in [6.07, 6.45) is 5.51. The zero-order valence-electron chi connectivity index (χ0n) is 12.9. The second kappa shape index (κ2) is 6.21. The number of nitrogens with zero attached hydrogens (tertiary/aromatic N) is 1. The van der Waals surface area contributed by atoms with Gasteiger partial charge >= 0.3 is 5.78 Å². The quantitative estimate of drug-likeness (QED) is 0.783. The van der Waals surface area contributed by atoms with Crippen LogP contribution in [-0.2, 0) is 9.16 Å². The number of aromatic nitrogens is 1. The molecule has 0 aliphatic heterocycles. The maximum Gasteiger partial charge on any atom is 0.331 e. The molecule has 0 amide bonds. The Morgan fingerprint density at radius 2 is 1.90 bits per heavy atom. The van der Waals surface area contributed by atoms with Gasteiger partial charge in [-0.15, -0.1) is 0 Å². The van der Waals surface area contributed by atoms with Crippen molar-refractivity contribution in [3.63, 3.8) is 0 Å². The van der Waals surface area contributed by atoms with Crippen molar-refractivity contribution in [3.8, 4) is 0 Å². The molecule has 0 spiro atoms. The zero-order chi connectivity index (χ0) is 14.6. The van der Waals surface area contributed by atoms with Crippen LogP contribution in [-0.4, -0.2) is 24.0 Å². The van der Waals surface area contributed by atoms with E-state index in [1.54, 1.807) is 0 Å². The third-order valence-electron chi connectivity index (χ3n) is 3.44. The fraction of sp³-hybridized carbons (Fsp3) is 0.529. The van der Waals surface area contributed by atoms with Crippen LogP contribution in [0.5, 0.6) is 0 Å². The molecular weight excluding hydrogens is 250 g/mol. The summed E-state index contributed by atoms with van der Waals surface area (Å²) in [5, 5.41) is 0. The maximum atomic E-state index is 5.92. The van der Waals surface area contributed by atoms with E-state index in [0.717, 1.165) is 35.5 Å². The van der Waals surface area contributed by atoms with E-state index in [4.69, 9.17) is 9.16 Å². The smallest absolute Gasteiger partial charge is 0.331 e. The van der Waals surface area contributed by atoms with Crippen LogP contribution in [0.1, 0.15) is 46.1 Å². The number of pyridine rings is 1. The van der Waals surface area contributed by atoms with Gasteiger partial charge in [-0.25, -0.2) is 0 Å². The van der Waals surface area contributed by atoms with Crippen LogP contribution in [0.15, 0.2) is 30.3 Å². The number of hydrogen-bond donors (Lipinski definition) is 0. The molecule has 1 aliphatic carbocycles. The molecular formula is C17H24NO2+. The Bertz CT molecular complexity index is 515. The molecule has 0 bridgehead atoms. The highest BCUT2D eigenvalue weighted by molar-refractivity contribution is 6.22. The molecule has 1 heterocycles. The normalized spacial score (nSPS) is 20.3. The van der Waals surface area contributed by atoms with E-state index in [-0.39, 0.29) is 5.41 Å². The molecule has 0 saturated heterocycles. The molecule has 0 atom stereocenters. The third kappa shape index (κ3) is 3.27. The largest absolute Gasteiger partial charge is 0.497 e. The molecule has 0 aromatic carbocycles. The maximum absolute atomic E-state index is 5.92. The summed E-state index contributed by atoms with van der Waals surface area (Å²) < 4.78 is 11.8. The van der Waals surface area contributed by atoms with Gasteiger partial charge in [-0.3, -0.25) is 9.41 Å². The Hall–Kier alpha value is -1.64. The number of hydrogen-bond acceptors (Lipinski definition) is 2. The van der Waals surface area contributed by atoms with Crippen molar-refractivity contribution in [3.05, 3.63) is 35.8 Å². The van der Waals surface area contributed by atoms with Crippen molar-refractivity contribution < 1.29 is 9.16 Å². The van der Waals surface area contributed by atoms with Crippen LogP contribution in [0.4, 0.5) is 0 Å². The second-order valence-corrected chi connectivity index (χ2v) is 5.84. The van der Waals surface area contributed by atoms with E-state index in [0.29, 0.717) is 13.2 Å². The highest BCUT2D eigenvalue weighted by Gasteiger charge is 2.39. The average molecular weight is 274 g/mol. The van der Waals surface area contributed by atoms with E-state index >= 15 is 0 Å². The number of ketones is 1. The predicted octanol–water partition coefficient (Wildman–Crippen LogP) is 3.77. The lowest BCUT2D eigenvalue weighted by atomic mass is 9.75. The van der Waals surface area contributed by atoms with Gasteiger partial charge in [-0.05, 0) is 30.0 Å². The lowest BCUT2D eigenvalue weighted by Crippen LogP contribution is -2.27. The molecule has 1 aromatic rings. The summed E-state index contributed by atoms with van der Waals surface area (Å²) in [4.78, 5) is 4.10. The topological polar surface area (TPSA) is 33.4 Å². The lowest BCUT2D eigenvalue weighted by molar-refractivity contribution is -0.452. The molecule has 0 unspecified atom stereocenters. The van der Waals surface area contributed by atoms with Gasteiger partial charge in [0.15, 0.2) is 0 Å². The first kappa shape index (κ1) is 14.8. The predicted molar refractivity (Wildman–Crippen MR) is 81.3 cm³/mol. The van der Waals surface area contributed by atoms with Crippen molar-refractivity contribution in [2.24, 2.45) is 5.41 Å². The van der Waals surface area contributed by atoms with Crippen LogP contribution in [0, 0.1) is 5.41 Å². The summed E-state index contributed by atoms with van der Waals surface area (Å²) in [6.45, 7) is 9.93. The van der Waals surface area contributed by atoms with Gasteiger partial charge in [0.05, 0.1) is 13.0 Å². The number of allylic oxidation sites excluding steroid dienone is 2. The summed E-state index contributed by atoms with van der Waals surface area (Å²) >= 11 is 0. The second-order valence-electron chi connectivity index (χ2n) is 5.84. The van der Waals surface area contributed by atoms with Crippen LogP contribution in [0.25, 0.3) is 5.57 Å². The Morgan fingerprint density at radius 1 is 1.20 bits per heavy atom. The van der Waals surface area contributed by atoms with Crippen molar-refractivity contribution >= 4 is 11.4 Å². The van der Waals surface area contributed by atoms with Gasteiger partial charge in [0.25, 0.3) is 6.61 Å². The first-order valence-corrected chi connectivity index (χ1v) is 7.32. The van der Waals surface area contributed by atoms with Crippen molar-refractivity contribution in [2.45, 2.75) is 40.5 Å². The molecule has 0 saturated carbocycles.